The van der Waals surface area contributed by atoms with Gasteiger partial charge in [0.25, 0.3) is 0 Å². The number of hydrogen-bond acceptors (Lipinski definition) is 5. The molecular formula is C34H42F3N5OS. The summed E-state index contributed by atoms with van der Waals surface area (Å²) in [7, 11) is 0. The van der Waals surface area contributed by atoms with Gasteiger partial charge in [-0.1, -0.05) is 44.2 Å². The first-order valence-electron chi connectivity index (χ1n) is 16.6. The predicted octanol–water partition coefficient (Wildman–Crippen LogP) is 7.20. The molecule has 3 aliphatic carbocycles. The summed E-state index contributed by atoms with van der Waals surface area (Å²) in [5.74, 6) is 0.798. The van der Waals surface area contributed by atoms with Crippen molar-refractivity contribution in [2.75, 3.05) is 13.1 Å². The fourth-order valence-electron chi connectivity index (χ4n) is 8.33. The fourth-order valence-corrected chi connectivity index (χ4v) is 10.1. The number of hydrazine groups is 1. The van der Waals surface area contributed by atoms with Gasteiger partial charge in [-0.2, -0.15) is 13.2 Å². The van der Waals surface area contributed by atoms with Crippen LogP contribution >= 0.6 is 11.8 Å². The number of benzene rings is 1. The quantitative estimate of drug-likeness (QED) is 0.304. The molecule has 6 nitrogen and oxygen atoms in total. The van der Waals surface area contributed by atoms with Gasteiger partial charge in [-0.15, -0.1) is 11.8 Å². The van der Waals surface area contributed by atoms with Gasteiger partial charge in [0.05, 0.1) is 27.0 Å². The number of pyridine rings is 1. The van der Waals surface area contributed by atoms with Crippen LogP contribution in [0.5, 0.6) is 0 Å². The molecule has 2 saturated heterocycles. The van der Waals surface area contributed by atoms with E-state index >= 15 is 0 Å². The molecule has 10 heteroatoms. The summed E-state index contributed by atoms with van der Waals surface area (Å²) in [6.07, 6.45) is 12.9. The fraction of sp³-hybridized carbons (Fsp3) is 0.618. The highest BCUT2D eigenvalue weighted by Crippen LogP contribution is 2.53. The maximum Gasteiger partial charge on any atom is 0.418 e. The smallest absolute Gasteiger partial charge is 0.298 e. The Morgan fingerprint density at radius 3 is 2.45 bits per heavy atom. The van der Waals surface area contributed by atoms with Crippen molar-refractivity contribution >= 4 is 17.3 Å². The molecule has 2 aliphatic heterocycles. The minimum Gasteiger partial charge on any atom is -0.298 e. The highest BCUT2D eigenvalue weighted by Gasteiger charge is 2.48. The highest BCUT2D eigenvalue weighted by molar-refractivity contribution is 8.01. The summed E-state index contributed by atoms with van der Waals surface area (Å²) in [5, 5.41) is 0.207. The van der Waals surface area contributed by atoms with Crippen LogP contribution in [0.3, 0.4) is 0 Å². The molecule has 44 heavy (non-hydrogen) atoms. The zero-order chi connectivity index (χ0) is 30.1. The molecule has 8 rings (SSSR count). The predicted molar refractivity (Wildman–Crippen MR) is 168 cm³/mol. The SMILES string of the molecule is O=c1n(-c2cccc([C@@H](C3CCC3)C3NNC4(CCCCCC4)S3)c2)cc2c(C(F)(F)F)cc(CN3CCC4(CC4)C3)cn12. The van der Waals surface area contributed by atoms with Crippen LogP contribution in [0.4, 0.5) is 13.2 Å². The molecule has 2 N–H and O–H groups in total. The summed E-state index contributed by atoms with van der Waals surface area (Å²) in [4.78, 5) is 16.1. The van der Waals surface area contributed by atoms with E-state index in [9.17, 15) is 18.0 Å². The zero-order valence-electron chi connectivity index (χ0n) is 25.2. The molecule has 3 saturated carbocycles. The Hall–Kier alpha value is -2.27. The third-order valence-electron chi connectivity index (χ3n) is 11.2. The van der Waals surface area contributed by atoms with Crippen molar-refractivity contribution in [1.82, 2.24) is 24.7 Å². The van der Waals surface area contributed by atoms with E-state index in [-0.39, 0.29) is 21.7 Å². The molecule has 0 radical (unpaired) electrons. The zero-order valence-corrected chi connectivity index (χ0v) is 26.0. The lowest BCUT2D eigenvalue weighted by Gasteiger charge is -2.37. The number of likely N-dealkylation sites (tertiary alicyclic amines) is 1. The molecule has 5 aliphatic rings. The number of thioether (sulfide) groups is 1. The minimum atomic E-state index is -4.56. The van der Waals surface area contributed by atoms with E-state index in [4.69, 9.17) is 0 Å². The second kappa shape index (κ2) is 10.9. The van der Waals surface area contributed by atoms with Crippen molar-refractivity contribution in [2.45, 2.75) is 106 Å². The number of halogens is 3. The van der Waals surface area contributed by atoms with Crippen LogP contribution in [-0.2, 0) is 12.7 Å². The largest absolute Gasteiger partial charge is 0.418 e. The normalized spacial score (nSPS) is 25.9. The van der Waals surface area contributed by atoms with Gasteiger partial charge in [0, 0.05) is 31.4 Å². The van der Waals surface area contributed by atoms with E-state index < -0.39 is 17.4 Å². The first kappa shape index (κ1) is 29.2. The van der Waals surface area contributed by atoms with Crippen molar-refractivity contribution < 1.29 is 13.2 Å². The Morgan fingerprint density at radius 1 is 0.977 bits per heavy atom. The Kier molecular flexibility index (Phi) is 7.24. The molecule has 2 aromatic heterocycles. The van der Waals surface area contributed by atoms with E-state index in [0.29, 0.717) is 29.1 Å². The Morgan fingerprint density at radius 2 is 1.77 bits per heavy atom. The van der Waals surface area contributed by atoms with E-state index in [1.807, 2.05) is 30.0 Å². The Labute approximate surface area is 260 Å². The van der Waals surface area contributed by atoms with Gasteiger partial charge in [0.15, 0.2) is 0 Å². The van der Waals surface area contributed by atoms with Crippen molar-refractivity contribution in [3.05, 3.63) is 69.9 Å². The average molecular weight is 626 g/mol. The Bertz CT molecular complexity index is 1600. The van der Waals surface area contributed by atoms with Crippen LogP contribution in [0.25, 0.3) is 11.2 Å². The van der Waals surface area contributed by atoms with Crippen molar-refractivity contribution in [1.29, 1.82) is 0 Å². The number of hydrogen-bond donors (Lipinski definition) is 2. The number of nitrogens with one attached hydrogen (secondary N) is 2. The lowest BCUT2D eigenvalue weighted by Crippen LogP contribution is -2.44. The molecule has 4 heterocycles. The third kappa shape index (κ3) is 5.33. The molecule has 2 spiro atoms. The lowest BCUT2D eigenvalue weighted by molar-refractivity contribution is -0.136. The van der Waals surface area contributed by atoms with Crippen LogP contribution in [0.1, 0.15) is 99.7 Å². The number of imidazole rings is 1. The maximum absolute atomic E-state index is 14.4. The van der Waals surface area contributed by atoms with Crippen LogP contribution < -0.4 is 16.5 Å². The molecule has 5 fully saturated rings. The molecule has 2 atom stereocenters. The summed E-state index contributed by atoms with van der Waals surface area (Å²) < 4.78 is 45.8. The van der Waals surface area contributed by atoms with Crippen molar-refractivity contribution in [2.24, 2.45) is 11.3 Å². The standard InChI is InChI=1S/C34H42F3N5OS/c35-34(36,37)27-17-23(19-40-16-15-32(22-40)13-14-32)20-42-28(27)21-41(31(42)43)26-10-6-9-25(18-26)29(24-7-5-8-24)30-38-39-33(44-30)11-3-1-2-4-12-33/h6,9-10,17-18,20-21,24,29-30,38-39H,1-5,7-8,11-16,19,22H2/t29-,30?/m1/s1. The molecule has 1 aromatic carbocycles. The minimum absolute atomic E-state index is 0.0672. The number of aromatic nitrogens is 2. The van der Waals surface area contributed by atoms with Gasteiger partial charge in [0.1, 0.15) is 0 Å². The molecule has 236 valence electrons. The Balaban J connectivity index is 1.13. The van der Waals surface area contributed by atoms with Gasteiger partial charge < -0.3 is 0 Å². The first-order chi connectivity index (χ1) is 21.2. The van der Waals surface area contributed by atoms with Crippen LogP contribution in [0.2, 0.25) is 0 Å². The van der Waals surface area contributed by atoms with E-state index in [1.54, 1.807) is 6.20 Å². The lowest BCUT2D eigenvalue weighted by atomic mass is 9.73. The first-order valence-corrected chi connectivity index (χ1v) is 17.5. The van der Waals surface area contributed by atoms with Gasteiger partial charge in [-0.05, 0) is 92.1 Å². The van der Waals surface area contributed by atoms with Crippen molar-refractivity contribution in [3.63, 3.8) is 0 Å². The molecule has 1 unspecified atom stereocenters. The van der Waals surface area contributed by atoms with Crippen molar-refractivity contribution in [3.8, 4) is 5.69 Å². The number of nitrogens with zero attached hydrogens (tertiary/aromatic N) is 3. The van der Waals surface area contributed by atoms with Crippen LogP contribution in [0, 0.1) is 11.3 Å². The number of fused-ring (bicyclic) bond motifs is 1. The van der Waals surface area contributed by atoms with E-state index in [0.717, 1.165) is 37.9 Å². The average Bonchev–Trinajstić information content (AvgIpc) is 3.36. The van der Waals surface area contributed by atoms with E-state index in [1.165, 1.54) is 79.0 Å². The molecular weight excluding hydrogens is 583 g/mol. The third-order valence-corrected chi connectivity index (χ3v) is 12.9. The van der Waals surface area contributed by atoms with Gasteiger partial charge in [0.2, 0.25) is 0 Å². The highest BCUT2D eigenvalue weighted by atomic mass is 32.2. The summed E-state index contributed by atoms with van der Waals surface area (Å²) in [6.45, 7) is 2.26. The van der Waals surface area contributed by atoms with Gasteiger partial charge in [-0.3, -0.25) is 13.9 Å². The molecule has 0 amide bonds. The summed E-state index contributed by atoms with van der Waals surface area (Å²) >= 11 is 2.04. The van der Waals surface area contributed by atoms with Gasteiger partial charge in [-0.25, -0.2) is 15.6 Å². The summed E-state index contributed by atoms with van der Waals surface area (Å²) in [5.41, 5.74) is 8.73. The van der Waals surface area contributed by atoms with Crippen LogP contribution in [0.15, 0.2) is 47.5 Å². The number of alkyl halides is 3. The number of rotatable bonds is 6. The van der Waals surface area contributed by atoms with E-state index in [2.05, 4.69) is 21.8 Å². The molecule has 0 bridgehead atoms. The topological polar surface area (TPSA) is 53.7 Å². The molecule has 3 aromatic rings. The second-order valence-corrected chi connectivity index (χ2v) is 15.8. The summed E-state index contributed by atoms with van der Waals surface area (Å²) in [6, 6.07) is 9.22. The second-order valence-electron chi connectivity index (χ2n) is 14.3. The monoisotopic (exact) mass is 625 g/mol. The van der Waals surface area contributed by atoms with Crippen LogP contribution in [-0.4, -0.2) is 37.2 Å². The maximum atomic E-state index is 14.4. The van der Waals surface area contributed by atoms with Gasteiger partial charge >= 0.3 is 11.9 Å².